The molecule has 7 nitrogen and oxygen atoms in total. The van der Waals surface area contributed by atoms with Gasteiger partial charge in [-0.2, -0.15) is 0 Å². The first kappa shape index (κ1) is 16.5. The average Bonchev–Trinajstić information content (AvgIpc) is 3.18. The number of carbonyl (C=O) groups is 2. The van der Waals surface area contributed by atoms with Gasteiger partial charge in [0.05, 0.1) is 30.4 Å². The van der Waals surface area contributed by atoms with E-state index in [9.17, 15) is 18.0 Å². The summed E-state index contributed by atoms with van der Waals surface area (Å²) < 4.78 is 28.9. The first-order chi connectivity index (χ1) is 11.8. The van der Waals surface area contributed by atoms with Crippen LogP contribution in [0.3, 0.4) is 0 Å². The number of hydrogen-bond acceptors (Lipinski definition) is 5. The lowest BCUT2D eigenvalue weighted by molar-refractivity contribution is -0.139. The summed E-state index contributed by atoms with van der Waals surface area (Å²) in [7, 11) is -3.25. The van der Waals surface area contributed by atoms with Crippen LogP contribution in [0, 0.1) is 0 Å². The minimum Gasteiger partial charge on any atom is -0.351 e. The largest absolute Gasteiger partial charge is 0.351 e. The Hall–Kier alpha value is -1.93. The van der Waals surface area contributed by atoms with Crippen LogP contribution in [0.15, 0.2) is 29.2 Å². The van der Waals surface area contributed by atoms with Gasteiger partial charge in [-0.3, -0.25) is 9.59 Å². The Morgan fingerprint density at radius 3 is 2.68 bits per heavy atom. The maximum Gasteiger partial charge on any atom is 0.227 e. The van der Waals surface area contributed by atoms with Crippen LogP contribution in [0.2, 0.25) is 0 Å². The minimum absolute atomic E-state index is 0.0532. The van der Waals surface area contributed by atoms with Crippen molar-refractivity contribution in [3.8, 4) is 0 Å². The standard InChI is InChI=1S/C17H20N2O5S/c1-25(22,23)13-4-2-12(3-5-13)10-15(20)18-7-6-17-14(18)11-16(21)19(17)8-9-24-17/h2-5,14H,6-11H2,1H3/t14-,17+/m1/s1. The molecule has 3 aliphatic heterocycles. The van der Waals surface area contributed by atoms with Crippen LogP contribution >= 0.6 is 0 Å². The topological polar surface area (TPSA) is 84.0 Å². The summed E-state index contributed by atoms with van der Waals surface area (Å²) in [6, 6.07) is 6.15. The van der Waals surface area contributed by atoms with Crippen LogP contribution in [0.5, 0.6) is 0 Å². The zero-order valence-corrected chi connectivity index (χ0v) is 14.8. The molecule has 0 unspecified atom stereocenters. The minimum atomic E-state index is -3.25. The molecule has 4 rings (SSSR count). The summed E-state index contributed by atoms with van der Waals surface area (Å²) in [5.74, 6) is -0.00311. The molecule has 3 saturated heterocycles. The molecular weight excluding hydrogens is 344 g/mol. The van der Waals surface area contributed by atoms with Gasteiger partial charge in [-0.05, 0) is 17.7 Å². The molecule has 0 saturated carbocycles. The zero-order chi connectivity index (χ0) is 17.8. The van der Waals surface area contributed by atoms with Crippen molar-refractivity contribution in [2.45, 2.75) is 35.9 Å². The number of carbonyl (C=O) groups excluding carboxylic acids is 2. The Bertz CT molecular complexity index is 835. The smallest absolute Gasteiger partial charge is 0.227 e. The van der Waals surface area contributed by atoms with E-state index in [4.69, 9.17) is 4.74 Å². The van der Waals surface area contributed by atoms with Crippen molar-refractivity contribution in [3.63, 3.8) is 0 Å². The fraction of sp³-hybridized carbons (Fsp3) is 0.529. The second kappa shape index (κ2) is 5.54. The van der Waals surface area contributed by atoms with E-state index in [1.807, 2.05) is 0 Å². The van der Waals surface area contributed by atoms with E-state index in [1.165, 1.54) is 12.1 Å². The maximum atomic E-state index is 12.8. The molecule has 25 heavy (non-hydrogen) atoms. The Morgan fingerprint density at radius 2 is 2.00 bits per heavy atom. The summed E-state index contributed by atoms with van der Waals surface area (Å²) in [6.07, 6.45) is 2.31. The van der Waals surface area contributed by atoms with Crippen molar-refractivity contribution in [2.24, 2.45) is 0 Å². The highest BCUT2D eigenvalue weighted by Crippen LogP contribution is 2.45. The molecule has 134 valence electrons. The molecule has 1 aromatic rings. The van der Waals surface area contributed by atoms with Gasteiger partial charge in [0.2, 0.25) is 11.8 Å². The highest BCUT2D eigenvalue weighted by Gasteiger charge is 2.62. The Labute approximate surface area is 146 Å². The van der Waals surface area contributed by atoms with Gasteiger partial charge in [0, 0.05) is 25.8 Å². The van der Waals surface area contributed by atoms with Crippen LogP contribution in [0.1, 0.15) is 18.4 Å². The second-order valence-electron chi connectivity index (χ2n) is 6.89. The van der Waals surface area contributed by atoms with E-state index < -0.39 is 15.6 Å². The molecule has 3 heterocycles. The molecule has 2 atom stereocenters. The van der Waals surface area contributed by atoms with Crippen molar-refractivity contribution in [3.05, 3.63) is 29.8 Å². The lowest BCUT2D eigenvalue weighted by atomic mass is 10.1. The predicted molar refractivity (Wildman–Crippen MR) is 88.4 cm³/mol. The van der Waals surface area contributed by atoms with Crippen molar-refractivity contribution in [1.29, 1.82) is 0 Å². The molecule has 3 aliphatic rings. The monoisotopic (exact) mass is 364 g/mol. The van der Waals surface area contributed by atoms with Gasteiger partial charge in [-0.25, -0.2) is 8.42 Å². The second-order valence-corrected chi connectivity index (χ2v) is 8.90. The van der Waals surface area contributed by atoms with Gasteiger partial charge in [-0.1, -0.05) is 12.1 Å². The molecule has 0 aliphatic carbocycles. The molecule has 2 amide bonds. The van der Waals surface area contributed by atoms with Gasteiger partial charge in [0.1, 0.15) is 0 Å². The Kier molecular flexibility index (Phi) is 3.66. The molecule has 1 aromatic carbocycles. The number of nitrogens with zero attached hydrogens (tertiary/aromatic N) is 2. The van der Waals surface area contributed by atoms with E-state index in [-0.39, 0.29) is 29.2 Å². The van der Waals surface area contributed by atoms with E-state index >= 15 is 0 Å². The number of ether oxygens (including phenoxy) is 1. The van der Waals surface area contributed by atoms with E-state index in [0.29, 0.717) is 32.5 Å². The third-order valence-electron chi connectivity index (χ3n) is 5.43. The number of rotatable bonds is 3. The third kappa shape index (κ3) is 2.55. The van der Waals surface area contributed by atoms with Gasteiger partial charge in [0.15, 0.2) is 15.6 Å². The van der Waals surface area contributed by atoms with Gasteiger partial charge in [-0.15, -0.1) is 0 Å². The number of sulfone groups is 1. The normalized spacial score (nSPS) is 28.4. The summed E-state index contributed by atoms with van der Waals surface area (Å²) in [5, 5.41) is 0. The lowest BCUT2D eigenvalue weighted by Crippen LogP contribution is -2.49. The summed E-state index contributed by atoms with van der Waals surface area (Å²) in [6.45, 7) is 1.70. The molecular formula is C17H20N2O5S. The number of amides is 2. The van der Waals surface area contributed by atoms with Gasteiger partial charge in [0.25, 0.3) is 0 Å². The molecule has 0 N–H and O–H groups in total. The SMILES string of the molecule is CS(=O)(=O)c1ccc(CC(=O)N2CC[C@@]34OCCN3C(=O)C[C@@H]24)cc1. The number of benzene rings is 1. The van der Waals surface area contributed by atoms with Gasteiger partial charge < -0.3 is 14.5 Å². The Balaban J connectivity index is 1.50. The summed E-state index contributed by atoms with van der Waals surface area (Å²) in [4.78, 5) is 28.7. The predicted octanol–water partition coefficient (Wildman–Crippen LogP) is 0.192. The average molecular weight is 364 g/mol. The molecule has 8 heteroatoms. The van der Waals surface area contributed by atoms with Crippen LogP contribution in [-0.4, -0.2) is 67.8 Å². The van der Waals surface area contributed by atoms with Crippen molar-refractivity contribution in [2.75, 3.05) is 26.0 Å². The van der Waals surface area contributed by atoms with Crippen molar-refractivity contribution >= 4 is 21.7 Å². The van der Waals surface area contributed by atoms with E-state index in [1.54, 1.807) is 21.9 Å². The van der Waals surface area contributed by atoms with Crippen molar-refractivity contribution in [1.82, 2.24) is 9.80 Å². The maximum absolute atomic E-state index is 12.8. The molecule has 0 radical (unpaired) electrons. The first-order valence-electron chi connectivity index (χ1n) is 8.34. The summed E-state index contributed by atoms with van der Waals surface area (Å²) >= 11 is 0. The zero-order valence-electron chi connectivity index (χ0n) is 14.0. The Morgan fingerprint density at radius 1 is 1.28 bits per heavy atom. The van der Waals surface area contributed by atoms with Gasteiger partial charge >= 0.3 is 0 Å². The lowest BCUT2D eigenvalue weighted by Gasteiger charge is -2.31. The van der Waals surface area contributed by atoms with E-state index in [2.05, 4.69) is 0 Å². The van der Waals surface area contributed by atoms with Crippen LogP contribution < -0.4 is 0 Å². The van der Waals surface area contributed by atoms with Crippen LogP contribution in [0.4, 0.5) is 0 Å². The fourth-order valence-electron chi connectivity index (χ4n) is 4.22. The van der Waals surface area contributed by atoms with E-state index in [0.717, 1.165) is 11.8 Å². The van der Waals surface area contributed by atoms with Crippen LogP contribution in [0.25, 0.3) is 0 Å². The quantitative estimate of drug-likeness (QED) is 0.765. The van der Waals surface area contributed by atoms with Crippen molar-refractivity contribution < 1.29 is 22.7 Å². The fourth-order valence-corrected chi connectivity index (χ4v) is 4.85. The summed E-state index contributed by atoms with van der Waals surface area (Å²) in [5.41, 5.74) is 0.138. The number of likely N-dealkylation sites (tertiary alicyclic amines) is 1. The highest BCUT2D eigenvalue weighted by molar-refractivity contribution is 7.90. The first-order valence-corrected chi connectivity index (χ1v) is 10.2. The van der Waals surface area contributed by atoms with Crippen LogP contribution in [-0.2, 0) is 30.6 Å². The third-order valence-corrected chi connectivity index (χ3v) is 6.56. The molecule has 3 fully saturated rings. The molecule has 1 spiro atoms. The highest BCUT2D eigenvalue weighted by atomic mass is 32.2. The molecule has 0 aromatic heterocycles. The molecule has 0 bridgehead atoms. The number of hydrogen-bond donors (Lipinski definition) is 0.